The fraction of sp³-hybridized carbons (Fsp3) is 0.385. The van der Waals surface area contributed by atoms with Crippen molar-refractivity contribution in [3.8, 4) is 0 Å². The van der Waals surface area contributed by atoms with Crippen LogP contribution in [0, 0.1) is 0 Å². The van der Waals surface area contributed by atoms with Crippen LogP contribution in [0.3, 0.4) is 0 Å². The lowest BCUT2D eigenvalue weighted by Crippen LogP contribution is -2.31. The van der Waals surface area contributed by atoms with Gasteiger partial charge in [-0.15, -0.1) is 11.3 Å². The molecular weight excluding hydrogens is 246 g/mol. The van der Waals surface area contributed by atoms with E-state index in [1.54, 1.807) is 11.3 Å². The molecule has 2 rings (SSSR count). The average Bonchev–Trinajstić information content (AvgIpc) is 2.78. The van der Waals surface area contributed by atoms with Crippen LogP contribution in [0.2, 0.25) is 0 Å². The third-order valence-corrected chi connectivity index (χ3v) is 3.85. The fourth-order valence-corrected chi connectivity index (χ4v) is 2.68. The van der Waals surface area contributed by atoms with Crippen molar-refractivity contribution in [1.29, 1.82) is 0 Å². The number of nitrogens with zero attached hydrogens (tertiary/aromatic N) is 1. The van der Waals surface area contributed by atoms with Gasteiger partial charge in [-0.05, 0) is 19.1 Å². The van der Waals surface area contributed by atoms with Crippen LogP contribution >= 0.6 is 11.3 Å². The third kappa shape index (κ3) is 3.27. The summed E-state index contributed by atoms with van der Waals surface area (Å²) >= 11 is 1.71. The summed E-state index contributed by atoms with van der Waals surface area (Å²) in [6.07, 6.45) is 0. The van der Waals surface area contributed by atoms with Crippen LogP contribution in [0.5, 0.6) is 0 Å². The molecule has 2 N–H and O–H groups in total. The molecule has 1 amide bonds. The maximum Gasteiger partial charge on any atom is 0.216 e. The molecule has 0 fully saturated rings. The number of fused-ring (bicyclic) bond motifs is 1. The summed E-state index contributed by atoms with van der Waals surface area (Å²) in [4.78, 5) is 15.3. The Morgan fingerprint density at radius 3 is 2.89 bits per heavy atom. The summed E-state index contributed by atoms with van der Waals surface area (Å²) in [7, 11) is 0. The van der Waals surface area contributed by atoms with Crippen LogP contribution < -0.4 is 10.6 Å². The Balaban J connectivity index is 1.92. The highest BCUT2D eigenvalue weighted by Crippen LogP contribution is 2.25. The second-order valence-electron chi connectivity index (χ2n) is 4.18. The molecule has 1 aromatic heterocycles. The molecule has 0 spiro atoms. The second kappa shape index (κ2) is 5.93. The van der Waals surface area contributed by atoms with E-state index in [-0.39, 0.29) is 11.9 Å². The highest BCUT2D eigenvalue weighted by molar-refractivity contribution is 7.18. The van der Waals surface area contributed by atoms with Crippen LogP contribution in [-0.4, -0.2) is 24.0 Å². The van der Waals surface area contributed by atoms with Gasteiger partial charge in [-0.2, -0.15) is 0 Å². The Hall–Kier alpha value is -1.46. The average molecular weight is 263 g/mol. The second-order valence-corrected chi connectivity index (χ2v) is 5.24. The van der Waals surface area contributed by atoms with Gasteiger partial charge in [0.2, 0.25) is 5.91 Å². The molecule has 0 saturated heterocycles. The maximum absolute atomic E-state index is 10.7. The van der Waals surface area contributed by atoms with E-state index in [9.17, 15) is 4.79 Å². The summed E-state index contributed by atoms with van der Waals surface area (Å²) in [6, 6.07) is 8.34. The van der Waals surface area contributed by atoms with E-state index < -0.39 is 0 Å². The van der Waals surface area contributed by atoms with Gasteiger partial charge in [0.1, 0.15) is 5.01 Å². The molecule has 0 bridgehead atoms. The van der Waals surface area contributed by atoms with Gasteiger partial charge in [-0.3, -0.25) is 4.79 Å². The summed E-state index contributed by atoms with van der Waals surface area (Å²) < 4.78 is 1.21. The van der Waals surface area contributed by atoms with Crippen molar-refractivity contribution in [2.45, 2.75) is 19.9 Å². The summed E-state index contributed by atoms with van der Waals surface area (Å²) in [5, 5.41) is 7.19. The molecule has 1 unspecified atom stereocenters. The fourth-order valence-electron chi connectivity index (χ4n) is 1.69. The number of hydrogen-bond acceptors (Lipinski definition) is 4. The quantitative estimate of drug-likeness (QED) is 0.812. The maximum atomic E-state index is 10.7. The van der Waals surface area contributed by atoms with Gasteiger partial charge in [0, 0.05) is 20.0 Å². The van der Waals surface area contributed by atoms with Crippen molar-refractivity contribution in [2.75, 3.05) is 13.1 Å². The molecule has 18 heavy (non-hydrogen) atoms. The highest BCUT2D eigenvalue weighted by Gasteiger charge is 2.10. The number of para-hydroxylation sites is 1. The lowest BCUT2D eigenvalue weighted by molar-refractivity contribution is -0.118. The summed E-state index contributed by atoms with van der Waals surface area (Å²) in [5.41, 5.74) is 1.05. The lowest BCUT2D eigenvalue weighted by Gasteiger charge is -2.10. The Labute approximate surface area is 110 Å². The first-order valence-electron chi connectivity index (χ1n) is 6.00. The normalized spacial score (nSPS) is 12.6. The van der Waals surface area contributed by atoms with Gasteiger partial charge in [0.15, 0.2) is 0 Å². The number of carbonyl (C=O) groups is 1. The van der Waals surface area contributed by atoms with E-state index in [4.69, 9.17) is 0 Å². The van der Waals surface area contributed by atoms with Gasteiger partial charge in [-0.1, -0.05) is 12.1 Å². The van der Waals surface area contributed by atoms with Gasteiger partial charge < -0.3 is 10.6 Å². The zero-order valence-electron chi connectivity index (χ0n) is 10.6. The topological polar surface area (TPSA) is 54.0 Å². The van der Waals surface area contributed by atoms with Crippen molar-refractivity contribution < 1.29 is 4.79 Å². The Morgan fingerprint density at radius 2 is 2.17 bits per heavy atom. The molecule has 1 atom stereocenters. The number of nitrogens with one attached hydrogen (secondary N) is 2. The van der Waals surface area contributed by atoms with E-state index >= 15 is 0 Å². The number of carbonyl (C=O) groups excluding carboxylic acids is 1. The molecule has 5 heteroatoms. The molecule has 2 aromatic rings. The van der Waals surface area contributed by atoms with E-state index in [1.807, 2.05) is 18.2 Å². The molecule has 0 radical (unpaired) electrons. The zero-order chi connectivity index (χ0) is 13.0. The first-order chi connectivity index (χ1) is 8.66. The molecular formula is C13H17N3OS. The monoisotopic (exact) mass is 263 g/mol. The highest BCUT2D eigenvalue weighted by atomic mass is 32.1. The van der Waals surface area contributed by atoms with Gasteiger partial charge >= 0.3 is 0 Å². The predicted molar refractivity (Wildman–Crippen MR) is 74.7 cm³/mol. The number of amides is 1. The number of benzene rings is 1. The van der Waals surface area contributed by atoms with Crippen LogP contribution in [0.25, 0.3) is 10.2 Å². The molecule has 1 heterocycles. The summed E-state index contributed by atoms with van der Waals surface area (Å²) in [6.45, 7) is 5.00. The first kappa shape index (κ1) is 13.0. The minimum absolute atomic E-state index is 0.00411. The lowest BCUT2D eigenvalue weighted by atomic mass is 10.3. The molecule has 96 valence electrons. The van der Waals surface area contributed by atoms with E-state index in [1.165, 1.54) is 11.6 Å². The van der Waals surface area contributed by atoms with E-state index in [0.29, 0.717) is 6.54 Å². The largest absolute Gasteiger partial charge is 0.355 e. The van der Waals surface area contributed by atoms with Crippen LogP contribution in [0.15, 0.2) is 24.3 Å². The molecule has 0 aliphatic carbocycles. The standard InChI is InChI=1S/C13H17N3OS/c1-9(14-7-8-15-10(2)17)13-16-11-5-3-4-6-12(11)18-13/h3-6,9,14H,7-8H2,1-2H3,(H,15,17). The van der Waals surface area contributed by atoms with Crippen LogP contribution in [0.1, 0.15) is 24.9 Å². The van der Waals surface area contributed by atoms with Crippen molar-refractivity contribution in [1.82, 2.24) is 15.6 Å². The third-order valence-electron chi connectivity index (χ3n) is 2.63. The van der Waals surface area contributed by atoms with Crippen LogP contribution in [0.4, 0.5) is 0 Å². The molecule has 1 aromatic carbocycles. The number of rotatable bonds is 5. The molecule has 0 saturated carbocycles. The number of aromatic nitrogens is 1. The minimum Gasteiger partial charge on any atom is -0.355 e. The molecule has 4 nitrogen and oxygen atoms in total. The minimum atomic E-state index is 0.00411. The van der Waals surface area contributed by atoms with E-state index in [0.717, 1.165) is 17.1 Å². The van der Waals surface area contributed by atoms with E-state index in [2.05, 4.69) is 28.6 Å². The number of thiazole rings is 1. The Morgan fingerprint density at radius 1 is 1.39 bits per heavy atom. The first-order valence-corrected chi connectivity index (χ1v) is 6.82. The van der Waals surface area contributed by atoms with Crippen molar-refractivity contribution in [3.05, 3.63) is 29.3 Å². The summed E-state index contributed by atoms with van der Waals surface area (Å²) in [5.74, 6) is 0.00411. The SMILES string of the molecule is CC(=O)NCCNC(C)c1nc2ccccc2s1. The van der Waals surface area contributed by atoms with Crippen molar-refractivity contribution in [2.24, 2.45) is 0 Å². The Bertz CT molecular complexity index is 505. The van der Waals surface area contributed by atoms with Crippen LogP contribution in [-0.2, 0) is 4.79 Å². The van der Waals surface area contributed by atoms with Crippen molar-refractivity contribution in [3.63, 3.8) is 0 Å². The smallest absolute Gasteiger partial charge is 0.216 e. The van der Waals surface area contributed by atoms with Gasteiger partial charge in [-0.25, -0.2) is 4.98 Å². The predicted octanol–water partition coefficient (Wildman–Crippen LogP) is 2.08. The van der Waals surface area contributed by atoms with Crippen molar-refractivity contribution >= 4 is 27.5 Å². The molecule has 0 aliphatic rings. The molecule has 0 aliphatic heterocycles. The Kier molecular flexibility index (Phi) is 4.28. The zero-order valence-corrected chi connectivity index (χ0v) is 11.4. The van der Waals surface area contributed by atoms with Gasteiger partial charge in [0.25, 0.3) is 0 Å². The number of hydrogen-bond donors (Lipinski definition) is 2. The van der Waals surface area contributed by atoms with Gasteiger partial charge in [0.05, 0.1) is 16.3 Å².